The van der Waals surface area contributed by atoms with E-state index in [4.69, 9.17) is 0 Å². The summed E-state index contributed by atoms with van der Waals surface area (Å²) in [6.45, 7) is 6.67. The number of anilines is 1. The van der Waals surface area contributed by atoms with Gasteiger partial charge in [0.05, 0.1) is 6.54 Å². The zero-order valence-electron chi connectivity index (χ0n) is 14.4. The highest BCUT2D eigenvalue weighted by atomic mass is 19.1. The number of hydrogen-bond acceptors (Lipinski definition) is 4. The molecular weight excluding hydrogens is 319 g/mol. The number of aliphatic imine (C=N–C) groups is 1. The number of hydrogen-bond donors (Lipinski definition) is 1. The molecule has 7 heteroatoms. The van der Waals surface area contributed by atoms with Gasteiger partial charge < -0.3 is 15.1 Å². The summed E-state index contributed by atoms with van der Waals surface area (Å²) in [6.07, 6.45) is 3.53. The molecule has 0 radical (unpaired) electrons. The van der Waals surface area contributed by atoms with E-state index in [1.165, 1.54) is 12.1 Å². The van der Waals surface area contributed by atoms with Gasteiger partial charge in [0.25, 0.3) is 0 Å². The molecule has 0 amide bonds. The largest absolute Gasteiger partial charge is 0.357 e. The van der Waals surface area contributed by atoms with Gasteiger partial charge in [-0.3, -0.25) is 0 Å². The van der Waals surface area contributed by atoms with Crippen molar-refractivity contribution in [1.82, 2.24) is 20.2 Å². The Hall–Kier alpha value is -2.70. The van der Waals surface area contributed by atoms with Gasteiger partial charge in [0, 0.05) is 45.1 Å². The van der Waals surface area contributed by atoms with Crippen LogP contribution in [0, 0.1) is 5.82 Å². The van der Waals surface area contributed by atoms with Gasteiger partial charge in [0.1, 0.15) is 5.82 Å². The van der Waals surface area contributed by atoms with Crippen molar-refractivity contribution >= 4 is 11.9 Å². The van der Waals surface area contributed by atoms with Gasteiger partial charge in [0.15, 0.2) is 5.96 Å². The Morgan fingerprint density at radius 1 is 1.16 bits per heavy atom. The Kier molecular flexibility index (Phi) is 5.77. The SMILES string of the molecule is CCNC(=NCc1cccc(F)c1)N1CCN(c2ncccn2)CC1. The first-order valence-corrected chi connectivity index (χ1v) is 8.56. The monoisotopic (exact) mass is 342 g/mol. The Balaban J connectivity index is 1.62. The van der Waals surface area contributed by atoms with Gasteiger partial charge >= 0.3 is 0 Å². The Bertz CT molecular complexity index is 698. The number of guanidine groups is 1. The van der Waals surface area contributed by atoms with Crippen LogP contribution in [-0.2, 0) is 6.54 Å². The lowest BCUT2D eigenvalue weighted by Gasteiger charge is -2.36. The molecule has 0 atom stereocenters. The van der Waals surface area contributed by atoms with E-state index in [2.05, 4.69) is 30.1 Å². The minimum absolute atomic E-state index is 0.228. The highest BCUT2D eigenvalue weighted by Gasteiger charge is 2.20. The summed E-state index contributed by atoms with van der Waals surface area (Å²) in [5, 5.41) is 3.32. The maximum Gasteiger partial charge on any atom is 0.225 e. The van der Waals surface area contributed by atoms with Crippen LogP contribution < -0.4 is 10.2 Å². The smallest absolute Gasteiger partial charge is 0.225 e. The van der Waals surface area contributed by atoms with Gasteiger partial charge in [-0.25, -0.2) is 19.4 Å². The van der Waals surface area contributed by atoms with Crippen LogP contribution in [0.2, 0.25) is 0 Å². The maximum atomic E-state index is 13.3. The zero-order chi connectivity index (χ0) is 17.5. The molecule has 0 bridgehead atoms. The average molecular weight is 342 g/mol. The highest BCUT2D eigenvalue weighted by Crippen LogP contribution is 2.11. The molecule has 1 saturated heterocycles. The van der Waals surface area contributed by atoms with Crippen LogP contribution in [-0.4, -0.2) is 53.6 Å². The summed E-state index contributed by atoms with van der Waals surface area (Å²) in [4.78, 5) is 17.7. The van der Waals surface area contributed by atoms with Crippen LogP contribution in [0.1, 0.15) is 12.5 Å². The van der Waals surface area contributed by atoms with E-state index >= 15 is 0 Å². The topological polar surface area (TPSA) is 56.7 Å². The third-order valence-electron chi connectivity index (χ3n) is 4.05. The van der Waals surface area contributed by atoms with E-state index < -0.39 is 0 Å². The molecule has 25 heavy (non-hydrogen) atoms. The molecule has 0 aliphatic carbocycles. The second-order valence-electron chi connectivity index (χ2n) is 5.82. The molecule has 2 heterocycles. The predicted molar refractivity (Wildman–Crippen MR) is 97.0 cm³/mol. The van der Waals surface area contributed by atoms with Gasteiger partial charge in [-0.15, -0.1) is 0 Å². The minimum atomic E-state index is -0.228. The van der Waals surface area contributed by atoms with Gasteiger partial charge in [0.2, 0.25) is 5.95 Å². The van der Waals surface area contributed by atoms with E-state index in [0.717, 1.165) is 50.2 Å². The summed E-state index contributed by atoms with van der Waals surface area (Å²) >= 11 is 0. The molecule has 1 aromatic heterocycles. The number of halogens is 1. The molecule has 1 aromatic carbocycles. The standard InChI is InChI=1S/C18H23FN6/c1-2-20-17(23-14-15-5-3-6-16(19)13-15)24-9-11-25(12-10-24)18-21-7-4-8-22-18/h3-8,13H,2,9-12,14H2,1H3,(H,20,23). The van der Waals surface area contributed by atoms with Crippen molar-refractivity contribution in [2.24, 2.45) is 4.99 Å². The first-order valence-electron chi connectivity index (χ1n) is 8.56. The van der Waals surface area contributed by atoms with Crippen LogP contribution in [0.5, 0.6) is 0 Å². The molecule has 0 spiro atoms. The van der Waals surface area contributed by atoms with Crippen LogP contribution in [0.25, 0.3) is 0 Å². The third-order valence-corrected chi connectivity index (χ3v) is 4.05. The van der Waals surface area contributed by atoms with Gasteiger partial charge in [-0.05, 0) is 30.7 Å². The second kappa shape index (κ2) is 8.41. The van der Waals surface area contributed by atoms with Crippen LogP contribution in [0.15, 0.2) is 47.7 Å². The molecule has 0 saturated carbocycles. The fourth-order valence-electron chi connectivity index (χ4n) is 2.80. The molecular formula is C18H23FN6. The number of nitrogens with zero attached hydrogens (tertiary/aromatic N) is 5. The predicted octanol–water partition coefficient (Wildman–Crippen LogP) is 1.90. The Labute approximate surface area is 147 Å². The van der Waals surface area contributed by atoms with Crippen molar-refractivity contribution in [1.29, 1.82) is 0 Å². The van der Waals surface area contributed by atoms with Crippen molar-refractivity contribution in [3.8, 4) is 0 Å². The molecule has 0 unspecified atom stereocenters. The number of benzene rings is 1. The number of piperazine rings is 1. The van der Waals surface area contributed by atoms with Gasteiger partial charge in [-0.1, -0.05) is 12.1 Å². The summed E-state index contributed by atoms with van der Waals surface area (Å²) in [5.41, 5.74) is 0.867. The number of rotatable bonds is 4. The van der Waals surface area contributed by atoms with Crippen LogP contribution in [0.3, 0.4) is 0 Å². The molecule has 2 aromatic rings. The normalized spacial score (nSPS) is 15.4. The van der Waals surface area contributed by atoms with Gasteiger partial charge in [-0.2, -0.15) is 0 Å². The quantitative estimate of drug-likeness (QED) is 0.679. The molecule has 3 rings (SSSR count). The first-order chi connectivity index (χ1) is 12.3. The maximum absolute atomic E-state index is 13.3. The van der Waals surface area contributed by atoms with E-state index in [-0.39, 0.29) is 5.82 Å². The van der Waals surface area contributed by atoms with Crippen molar-refractivity contribution in [3.63, 3.8) is 0 Å². The zero-order valence-corrected chi connectivity index (χ0v) is 14.4. The third kappa shape index (κ3) is 4.65. The molecule has 1 N–H and O–H groups in total. The lowest BCUT2D eigenvalue weighted by Crippen LogP contribution is -2.52. The number of aromatic nitrogens is 2. The van der Waals surface area contributed by atoms with Crippen molar-refractivity contribution in [2.45, 2.75) is 13.5 Å². The van der Waals surface area contributed by atoms with Crippen molar-refractivity contribution < 1.29 is 4.39 Å². The van der Waals surface area contributed by atoms with E-state index in [0.29, 0.717) is 6.54 Å². The number of nitrogens with one attached hydrogen (secondary N) is 1. The fourth-order valence-corrected chi connectivity index (χ4v) is 2.80. The van der Waals surface area contributed by atoms with Crippen molar-refractivity contribution in [2.75, 3.05) is 37.6 Å². The average Bonchev–Trinajstić information content (AvgIpc) is 2.66. The summed E-state index contributed by atoms with van der Waals surface area (Å²) in [6, 6.07) is 8.40. The van der Waals surface area contributed by atoms with Crippen LogP contribution >= 0.6 is 0 Å². The molecule has 1 aliphatic heterocycles. The second-order valence-corrected chi connectivity index (χ2v) is 5.82. The fraction of sp³-hybridized carbons (Fsp3) is 0.389. The van der Waals surface area contributed by atoms with E-state index in [1.807, 2.05) is 19.1 Å². The first kappa shape index (κ1) is 17.1. The van der Waals surface area contributed by atoms with Crippen LogP contribution in [0.4, 0.5) is 10.3 Å². The molecule has 1 aliphatic rings. The van der Waals surface area contributed by atoms with Crippen molar-refractivity contribution in [3.05, 3.63) is 54.1 Å². The molecule has 1 fully saturated rings. The minimum Gasteiger partial charge on any atom is -0.357 e. The summed E-state index contributed by atoms with van der Waals surface area (Å²) in [5.74, 6) is 1.40. The highest BCUT2D eigenvalue weighted by molar-refractivity contribution is 5.80. The lowest BCUT2D eigenvalue weighted by molar-refractivity contribution is 0.370. The Morgan fingerprint density at radius 2 is 1.92 bits per heavy atom. The molecule has 6 nitrogen and oxygen atoms in total. The summed E-state index contributed by atoms with van der Waals surface area (Å²) < 4.78 is 13.3. The van der Waals surface area contributed by atoms with E-state index in [1.54, 1.807) is 18.5 Å². The van der Waals surface area contributed by atoms with E-state index in [9.17, 15) is 4.39 Å². The Morgan fingerprint density at radius 3 is 2.60 bits per heavy atom. The summed E-state index contributed by atoms with van der Waals surface area (Å²) in [7, 11) is 0. The molecule has 132 valence electrons. The lowest BCUT2D eigenvalue weighted by atomic mass is 10.2.